The summed E-state index contributed by atoms with van der Waals surface area (Å²) in [6.07, 6.45) is 0. The van der Waals surface area contributed by atoms with Crippen molar-refractivity contribution in [3.63, 3.8) is 0 Å². The number of benzene rings is 1. The van der Waals surface area contributed by atoms with Gasteiger partial charge >= 0.3 is 0 Å². The number of hydrogen-bond acceptors (Lipinski definition) is 2. The molecule has 1 aromatic rings. The second-order valence-corrected chi connectivity index (χ2v) is 5.38. The lowest BCUT2D eigenvalue weighted by molar-refractivity contribution is 0.198. The third-order valence-electron chi connectivity index (χ3n) is 2.48. The molecule has 0 spiro atoms. The van der Waals surface area contributed by atoms with Crippen LogP contribution >= 0.6 is 0 Å². The summed E-state index contributed by atoms with van der Waals surface area (Å²) in [5.74, 6) is 0.993. The molecular weight excluding hydrogens is 186 g/mol. The van der Waals surface area contributed by atoms with Crippen LogP contribution in [0.1, 0.15) is 31.9 Å². The molecular formula is C13H19NO. The van der Waals surface area contributed by atoms with Crippen molar-refractivity contribution in [1.29, 1.82) is 0 Å². The van der Waals surface area contributed by atoms with E-state index in [1.54, 1.807) is 0 Å². The molecule has 1 aliphatic rings. The van der Waals surface area contributed by atoms with Crippen molar-refractivity contribution in [1.82, 2.24) is 5.32 Å². The van der Waals surface area contributed by atoms with E-state index in [-0.39, 0.29) is 5.41 Å². The van der Waals surface area contributed by atoms with Crippen molar-refractivity contribution in [2.24, 2.45) is 5.41 Å². The lowest BCUT2D eigenvalue weighted by Crippen LogP contribution is -2.16. The summed E-state index contributed by atoms with van der Waals surface area (Å²) in [4.78, 5) is 0. The van der Waals surface area contributed by atoms with E-state index >= 15 is 0 Å². The highest BCUT2D eigenvalue weighted by Crippen LogP contribution is 2.23. The smallest absolute Gasteiger partial charge is 0.119 e. The first-order chi connectivity index (χ1) is 7.04. The molecule has 0 saturated heterocycles. The Labute approximate surface area is 91.6 Å². The molecule has 0 radical (unpaired) electrons. The molecule has 1 N–H and O–H groups in total. The summed E-state index contributed by atoms with van der Waals surface area (Å²) >= 11 is 0. The van der Waals surface area contributed by atoms with Gasteiger partial charge in [-0.3, -0.25) is 0 Å². The lowest BCUT2D eigenvalue weighted by Gasteiger charge is -2.19. The Bertz CT molecular complexity index is 352. The number of nitrogens with one attached hydrogen (secondary N) is 1. The summed E-state index contributed by atoms with van der Waals surface area (Å²) in [5.41, 5.74) is 3.00. The molecule has 2 nitrogen and oxygen atoms in total. The van der Waals surface area contributed by atoms with Crippen molar-refractivity contribution in [3.8, 4) is 5.75 Å². The van der Waals surface area contributed by atoms with Gasteiger partial charge in [-0.25, -0.2) is 0 Å². The van der Waals surface area contributed by atoms with Gasteiger partial charge in [-0.15, -0.1) is 0 Å². The first-order valence-corrected chi connectivity index (χ1v) is 5.50. The van der Waals surface area contributed by atoms with Crippen LogP contribution in [0.15, 0.2) is 18.2 Å². The van der Waals surface area contributed by atoms with Gasteiger partial charge in [0.1, 0.15) is 5.75 Å². The van der Waals surface area contributed by atoms with Crippen molar-refractivity contribution in [2.45, 2.75) is 33.9 Å². The van der Waals surface area contributed by atoms with Gasteiger partial charge in [0.2, 0.25) is 0 Å². The lowest BCUT2D eigenvalue weighted by atomic mass is 9.99. The van der Waals surface area contributed by atoms with Crippen LogP contribution < -0.4 is 10.1 Å². The third kappa shape index (κ3) is 2.72. The number of rotatable bonds is 2. The number of hydrogen-bond donors (Lipinski definition) is 1. The summed E-state index contributed by atoms with van der Waals surface area (Å²) in [6.45, 7) is 9.28. The van der Waals surface area contributed by atoms with E-state index in [1.807, 2.05) is 0 Å². The molecule has 2 heteroatoms. The number of fused-ring (bicyclic) bond motifs is 1. The maximum atomic E-state index is 5.77. The average Bonchev–Trinajstić information content (AvgIpc) is 2.60. The standard InChI is InChI=1S/C13H19NO/c1-13(2,3)9-15-12-5-4-10-7-14-8-11(10)6-12/h4-6,14H,7-9H2,1-3H3. The van der Waals surface area contributed by atoms with Gasteiger partial charge in [0.05, 0.1) is 6.61 Å². The van der Waals surface area contributed by atoms with Crippen molar-refractivity contribution >= 4 is 0 Å². The van der Waals surface area contributed by atoms with Crippen LogP contribution in [0.25, 0.3) is 0 Å². The molecule has 0 aliphatic carbocycles. The molecule has 0 saturated carbocycles. The Hall–Kier alpha value is -1.02. The van der Waals surface area contributed by atoms with Crippen molar-refractivity contribution < 1.29 is 4.74 Å². The van der Waals surface area contributed by atoms with E-state index < -0.39 is 0 Å². The normalized spacial score (nSPS) is 15.1. The zero-order valence-corrected chi connectivity index (χ0v) is 9.76. The van der Waals surface area contributed by atoms with Crippen molar-refractivity contribution in [3.05, 3.63) is 29.3 Å². The van der Waals surface area contributed by atoms with E-state index in [9.17, 15) is 0 Å². The molecule has 2 rings (SSSR count). The van der Waals surface area contributed by atoms with E-state index in [1.165, 1.54) is 11.1 Å². The largest absolute Gasteiger partial charge is 0.493 e. The van der Waals surface area contributed by atoms with Crippen LogP contribution in [0.2, 0.25) is 0 Å². The zero-order chi connectivity index (χ0) is 10.9. The monoisotopic (exact) mass is 205 g/mol. The minimum Gasteiger partial charge on any atom is -0.493 e. The molecule has 1 aliphatic heterocycles. The average molecular weight is 205 g/mol. The minimum atomic E-state index is 0.220. The van der Waals surface area contributed by atoms with E-state index in [0.29, 0.717) is 0 Å². The van der Waals surface area contributed by atoms with Crippen LogP contribution in [-0.4, -0.2) is 6.61 Å². The van der Waals surface area contributed by atoms with Gasteiger partial charge < -0.3 is 10.1 Å². The predicted octanol–water partition coefficient (Wildman–Crippen LogP) is 2.71. The maximum absolute atomic E-state index is 5.77. The highest BCUT2D eigenvalue weighted by atomic mass is 16.5. The molecule has 0 bridgehead atoms. The second kappa shape index (κ2) is 3.86. The van der Waals surface area contributed by atoms with Gasteiger partial charge in [0.25, 0.3) is 0 Å². The minimum absolute atomic E-state index is 0.220. The predicted molar refractivity (Wildman–Crippen MR) is 61.9 cm³/mol. The molecule has 15 heavy (non-hydrogen) atoms. The van der Waals surface area contributed by atoms with E-state index in [0.717, 1.165) is 25.4 Å². The molecule has 1 aromatic carbocycles. The zero-order valence-electron chi connectivity index (χ0n) is 9.76. The van der Waals surface area contributed by atoms with Crippen LogP contribution in [0.3, 0.4) is 0 Å². The molecule has 82 valence electrons. The highest BCUT2D eigenvalue weighted by molar-refractivity contribution is 5.37. The molecule has 0 atom stereocenters. The van der Waals surface area contributed by atoms with E-state index in [2.05, 4.69) is 44.3 Å². The molecule has 0 aromatic heterocycles. The van der Waals surface area contributed by atoms with Crippen LogP contribution in [0, 0.1) is 5.41 Å². The second-order valence-electron chi connectivity index (χ2n) is 5.38. The molecule has 0 amide bonds. The topological polar surface area (TPSA) is 21.3 Å². The summed E-state index contributed by atoms with van der Waals surface area (Å²) in [6, 6.07) is 6.38. The summed E-state index contributed by atoms with van der Waals surface area (Å²) < 4.78 is 5.77. The Morgan fingerprint density at radius 1 is 1.20 bits per heavy atom. The summed E-state index contributed by atoms with van der Waals surface area (Å²) in [7, 11) is 0. The third-order valence-corrected chi connectivity index (χ3v) is 2.48. The number of ether oxygens (including phenoxy) is 1. The first kappa shape index (κ1) is 10.5. The van der Waals surface area contributed by atoms with Crippen molar-refractivity contribution in [2.75, 3.05) is 6.61 Å². The SMILES string of the molecule is CC(C)(C)COc1ccc2c(c1)CNC2. The highest BCUT2D eigenvalue weighted by Gasteiger charge is 2.13. The molecule has 0 unspecified atom stereocenters. The molecule has 0 fully saturated rings. The van der Waals surface area contributed by atoms with E-state index in [4.69, 9.17) is 4.74 Å². The van der Waals surface area contributed by atoms with Crippen LogP contribution in [0.5, 0.6) is 5.75 Å². The van der Waals surface area contributed by atoms with Gasteiger partial charge in [-0.05, 0) is 28.7 Å². The van der Waals surface area contributed by atoms with Gasteiger partial charge in [0.15, 0.2) is 0 Å². The Morgan fingerprint density at radius 2 is 1.93 bits per heavy atom. The van der Waals surface area contributed by atoms with Gasteiger partial charge in [-0.1, -0.05) is 26.8 Å². The van der Waals surface area contributed by atoms with Gasteiger partial charge in [-0.2, -0.15) is 0 Å². The fraction of sp³-hybridized carbons (Fsp3) is 0.538. The molecule has 1 heterocycles. The van der Waals surface area contributed by atoms with Crippen LogP contribution in [0.4, 0.5) is 0 Å². The van der Waals surface area contributed by atoms with Crippen LogP contribution in [-0.2, 0) is 13.1 Å². The quantitative estimate of drug-likeness (QED) is 0.801. The Morgan fingerprint density at radius 3 is 2.67 bits per heavy atom. The fourth-order valence-corrected chi connectivity index (χ4v) is 1.66. The Kier molecular flexibility index (Phi) is 2.70. The maximum Gasteiger partial charge on any atom is 0.119 e. The fourth-order valence-electron chi connectivity index (χ4n) is 1.66. The van der Waals surface area contributed by atoms with Gasteiger partial charge in [0, 0.05) is 13.1 Å². The Balaban J connectivity index is 2.04. The summed E-state index contributed by atoms with van der Waals surface area (Å²) in [5, 5.41) is 3.33. The first-order valence-electron chi connectivity index (χ1n) is 5.50.